The van der Waals surface area contributed by atoms with Crippen LogP contribution in [0, 0.1) is 11.8 Å². The Morgan fingerprint density at radius 2 is 1.11 bits per heavy atom. The molecular formula is C53H107N3O6. The number of carbonyl (C=O) groups is 2. The van der Waals surface area contributed by atoms with Gasteiger partial charge >= 0.3 is 11.9 Å². The van der Waals surface area contributed by atoms with E-state index >= 15 is 0 Å². The summed E-state index contributed by atoms with van der Waals surface area (Å²) in [5, 5.41) is 24.0. The van der Waals surface area contributed by atoms with Crippen molar-refractivity contribution < 1.29 is 29.3 Å². The van der Waals surface area contributed by atoms with E-state index in [0.717, 1.165) is 83.8 Å². The topological polar surface area (TPSA) is 112 Å². The molecule has 3 N–H and O–H groups in total. The lowest BCUT2D eigenvalue weighted by atomic mass is 9.94. The second-order valence-corrected chi connectivity index (χ2v) is 18.9. The Labute approximate surface area is 385 Å². The number of unbranched alkanes of at least 4 members (excludes halogenated alkanes) is 18. The molecule has 0 heterocycles. The smallest absolute Gasteiger partial charge is 0.308 e. The number of ether oxygens (including phenoxy) is 2. The monoisotopic (exact) mass is 882 g/mol. The minimum Gasteiger partial charge on any atom is -0.465 e. The van der Waals surface area contributed by atoms with Crippen molar-refractivity contribution >= 4 is 11.9 Å². The van der Waals surface area contributed by atoms with Gasteiger partial charge in [-0.15, -0.1) is 0 Å². The molecule has 0 spiro atoms. The molecule has 62 heavy (non-hydrogen) atoms. The van der Waals surface area contributed by atoms with Crippen LogP contribution in [0.25, 0.3) is 0 Å². The molecule has 9 nitrogen and oxygen atoms in total. The molecule has 0 rings (SSSR count). The van der Waals surface area contributed by atoms with Gasteiger partial charge in [-0.05, 0) is 96.8 Å². The molecule has 370 valence electrons. The van der Waals surface area contributed by atoms with E-state index in [9.17, 15) is 19.8 Å². The van der Waals surface area contributed by atoms with Crippen LogP contribution < -0.4 is 5.32 Å². The Hall–Kier alpha value is -1.26. The maximum Gasteiger partial charge on any atom is 0.308 e. The zero-order valence-electron chi connectivity index (χ0n) is 42.2. The van der Waals surface area contributed by atoms with Crippen molar-refractivity contribution in [2.75, 3.05) is 65.6 Å². The second kappa shape index (κ2) is 46.3. The van der Waals surface area contributed by atoms with E-state index < -0.39 is 6.10 Å². The zero-order valence-corrected chi connectivity index (χ0v) is 42.2. The Balaban J connectivity index is 4.88. The average molecular weight is 882 g/mol. The Morgan fingerprint density at radius 1 is 0.581 bits per heavy atom. The fourth-order valence-electron chi connectivity index (χ4n) is 8.74. The maximum atomic E-state index is 13.1. The number of aliphatic hydroxyl groups excluding tert-OH is 2. The third-order valence-electron chi connectivity index (χ3n) is 13.0. The normalized spacial score (nSPS) is 13.8. The Kier molecular flexibility index (Phi) is 45.3. The molecule has 0 aliphatic carbocycles. The molecule has 0 aromatic heterocycles. The van der Waals surface area contributed by atoms with Gasteiger partial charge in [-0.3, -0.25) is 14.5 Å². The van der Waals surface area contributed by atoms with Crippen LogP contribution in [0.4, 0.5) is 0 Å². The van der Waals surface area contributed by atoms with Gasteiger partial charge < -0.3 is 29.9 Å². The van der Waals surface area contributed by atoms with Gasteiger partial charge in [0.1, 0.15) is 0 Å². The van der Waals surface area contributed by atoms with Crippen molar-refractivity contribution in [2.24, 2.45) is 11.8 Å². The lowest BCUT2D eigenvalue weighted by Crippen LogP contribution is -2.43. The minimum atomic E-state index is -0.507. The molecule has 0 aliphatic rings. The van der Waals surface area contributed by atoms with E-state index in [1.54, 1.807) is 0 Å². The summed E-state index contributed by atoms with van der Waals surface area (Å²) in [6.45, 7) is 19.9. The fraction of sp³-hybridized carbons (Fsp3) is 0.962. The highest BCUT2D eigenvalue weighted by Gasteiger charge is 2.21. The molecule has 0 saturated carbocycles. The number of carbonyl (C=O) groups excluding carboxylic acids is 2. The highest BCUT2D eigenvalue weighted by atomic mass is 16.5. The van der Waals surface area contributed by atoms with Gasteiger partial charge in [0.25, 0.3) is 0 Å². The van der Waals surface area contributed by atoms with E-state index in [1.165, 1.54) is 128 Å². The standard InChI is InChI=1S/C53H107N3O6/c1-7-12-16-20-22-26-35-49(34-25-18-14-9-3)47-62-52(59)38-29-24-30-41-56(48(6)33-31-40-55(11-5)42-43-57)46-51(58)45-54-39-32-44-61-53(60)50(36-27-19-15-10-4)37-28-23-21-17-13-8-2/h48-51,54,57-58H,7-47H2,1-6H3. The number of hydrogen-bond donors (Lipinski definition) is 3. The SMILES string of the molecule is CCCCCCCCC(CCCCCC)COC(=O)CCCCCN(CC(O)CNCCCOC(=O)C(CCCCCC)CCCCCCCC)C(C)CCCN(CC)CCO. The third-order valence-corrected chi connectivity index (χ3v) is 13.0. The summed E-state index contributed by atoms with van der Waals surface area (Å²) >= 11 is 0. The highest BCUT2D eigenvalue weighted by molar-refractivity contribution is 5.72. The van der Waals surface area contributed by atoms with Crippen LogP contribution in [0.5, 0.6) is 0 Å². The van der Waals surface area contributed by atoms with Crippen molar-refractivity contribution in [2.45, 2.75) is 253 Å². The van der Waals surface area contributed by atoms with Crippen molar-refractivity contribution in [1.29, 1.82) is 0 Å². The summed E-state index contributed by atoms with van der Waals surface area (Å²) in [5.74, 6) is 0.449. The Bertz CT molecular complexity index is 956. The Morgan fingerprint density at radius 3 is 1.68 bits per heavy atom. The number of aliphatic hydroxyl groups is 2. The zero-order chi connectivity index (χ0) is 45.7. The van der Waals surface area contributed by atoms with Crippen LogP contribution in [0.2, 0.25) is 0 Å². The number of rotatable bonds is 49. The van der Waals surface area contributed by atoms with E-state index in [-0.39, 0.29) is 24.5 Å². The van der Waals surface area contributed by atoms with E-state index in [1.807, 2.05) is 0 Å². The number of likely N-dealkylation sites (N-methyl/N-ethyl adjacent to an activating group) is 1. The summed E-state index contributed by atoms with van der Waals surface area (Å²) < 4.78 is 11.7. The lowest BCUT2D eigenvalue weighted by molar-refractivity contribution is -0.149. The van der Waals surface area contributed by atoms with Gasteiger partial charge in [-0.1, -0.05) is 169 Å². The van der Waals surface area contributed by atoms with Gasteiger partial charge in [0.05, 0.1) is 31.8 Å². The molecule has 4 atom stereocenters. The fourth-order valence-corrected chi connectivity index (χ4v) is 8.74. The highest BCUT2D eigenvalue weighted by Crippen LogP contribution is 2.22. The van der Waals surface area contributed by atoms with Crippen LogP contribution >= 0.6 is 0 Å². The summed E-state index contributed by atoms with van der Waals surface area (Å²) in [7, 11) is 0. The molecule has 0 aromatic carbocycles. The first-order valence-corrected chi connectivity index (χ1v) is 27.0. The first-order valence-electron chi connectivity index (χ1n) is 27.0. The van der Waals surface area contributed by atoms with Crippen LogP contribution in [0.1, 0.15) is 241 Å². The summed E-state index contributed by atoms with van der Waals surface area (Å²) in [6.07, 6.45) is 34.8. The number of nitrogens with zero attached hydrogens (tertiary/aromatic N) is 2. The first kappa shape index (κ1) is 60.7. The summed E-state index contributed by atoms with van der Waals surface area (Å²) in [5.41, 5.74) is 0. The minimum absolute atomic E-state index is 0.0179. The molecule has 0 amide bonds. The lowest BCUT2D eigenvalue weighted by Gasteiger charge is -2.32. The van der Waals surface area contributed by atoms with Gasteiger partial charge in [0, 0.05) is 32.1 Å². The molecule has 0 radical (unpaired) electrons. The van der Waals surface area contributed by atoms with Gasteiger partial charge in [0.15, 0.2) is 0 Å². The molecular weight excluding hydrogens is 775 g/mol. The predicted octanol–water partition coefficient (Wildman–Crippen LogP) is 12.4. The molecule has 0 aromatic rings. The van der Waals surface area contributed by atoms with Gasteiger partial charge in [-0.2, -0.15) is 0 Å². The molecule has 0 fully saturated rings. The number of hydrogen-bond acceptors (Lipinski definition) is 9. The summed E-state index contributed by atoms with van der Waals surface area (Å²) in [4.78, 5) is 30.6. The van der Waals surface area contributed by atoms with Crippen molar-refractivity contribution in [1.82, 2.24) is 15.1 Å². The van der Waals surface area contributed by atoms with E-state index in [0.29, 0.717) is 57.8 Å². The molecule has 0 aliphatic heterocycles. The van der Waals surface area contributed by atoms with E-state index in [2.05, 4.69) is 56.7 Å². The predicted molar refractivity (Wildman–Crippen MR) is 264 cm³/mol. The van der Waals surface area contributed by atoms with Gasteiger partial charge in [0.2, 0.25) is 0 Å². The molecule has 9 heteroatoms. The third kappa shape index (κ3) is 38.1. The first-order chi connectivity index (χ1) is 30.3. The quantitative estimate of drug-likeness (QED) is 0.0406. The van der Waals surface area contributed by atoms with Crippen molar-refractivity contribution in [3.8, 4) is 0 Å². The molecule has 0 bridgehead atoms. The summed E-state index contributed by atoms with van der Waals surface area (Å²) in [6, 6.07) is 0.314. The van der Waals surface area contributed by atoms with Crippen LogP contribution in [0.3, 0.4) is 0 Å². The van der Waals surface area contributed by atoms with Crippen LogP contribution in [-0.2, 0) is 19.1 Å². The molecule has 0 saturated heterocycles. The second-order valence-electron chi connectivity index (χ2n) is 18.9. The maximum absolute atomic E-state index is 13.1. The van der Waals surface area contributed by atoms with Crippen molar-refractivity contribution in [3.05, 3.63) is 0 Å². The number of esters is 2. The van der Waals surface area contributed by atoms with Crippen LogP contribution in [0.15, 0.2) is 0 Å². The average Bonchev–Trinajstić information content (AvgIpc) is 3.27. The number of nitrogens with one attached hydrogen (secondary N) is 1. The van der Waals surface area contributed by atoms with Crippen LogP contribution in [-0.4, -0.2) is 110 Å². The van der Waals surface area contributed by atoms with Crippen molar-refractivity contribution in [3.63, 3.8) is 0 Å². The molecule has 4 unspecified atom stereocenters. The van der Waals surface area contributed by atoms with Gasteiger partial charge in [-0.25, -0.2) is 0 Å². The van der Waals surface area contributed by atoms with E-state index in [4.69, 9.17) is 9.47 Å². The largest absolute Gasteiger partial charge is 0.465 e.